The fourth-order valence-corrected chi connectivity index (χ4v) is 3.94. The van der Waals surface area contributed by atoms with Gasteiger partial charge in [0.05, 0.1) is 5.54 Å². The molecule has 1 nitrogen and oxygen atoms in total. The number of hydrogen-bond acceptors (Lipinski definition) is 2. The van der Waals surface area contributed by atoms with E-state index < -0.39 is 0 Å². The van der Waals surface area contributed by atoms with Gasteiger partial charge in [0.2, 0.25) is 0 Å². The zero-order chi connectivity index (χ0) is 12.6. The smallest absolute Gasteiger partial charge is 0.0679 e. The Hall–Kier alpha value is -1.12. The molecular formula is C16H19NS. The number of thiophene rings is 1. The van der Waals surface area contributed by atoms with Gasteiger partial charge in [0.1, 0.15) is 0 Å². The van der Waals surface area contributed by atoms with Crippen molar-refractivity contribution in [2.75, 3.05) is 0 Å². The van der Waals surface area contributed by atoms with Crippen LogP contribution in [0.1, 0.15) is 40.8 Å². The van der Waals surface area contributed by atoms with Crippen LogP contribution in [0.25, 0.3) is 0 Å². The van der Waals surface area contributed by atoms with Gasteiger partial charge in [0.15, 0.2) is 0 Å². The summed E-state index contributed by atoms with van der Waals surface area (Å²) in [6.07, 6.45) is 4.68. The van der Waals surface area contributed by atoms with E-state index >= 15 is 0 Å². The molecule has 0 saturated heterocycles. The highest BCUT2D eigenvalue weighted by molar-refractivity contribution is 7.10. The van der Waals surface area contributed by atoms with Crippen molar-refractivity contribution in [2.45, 2.75) is 38.1 Å². The average Bonchev–Trinajstić information content (AvgIpc) is 2.74. The predicted octanol–water partition coefficient (Wildman–Crippen LogP) is 3.99. The van der Waals surface area contributed by atoms with Crippen LogP contribution in [0.15, 0.2) is 35.7 Å². The van der Waals surface area contributed by atoms with Crippen LogP contribution in [0.3, 0.4) is 0 Å². The zero-order valence-electron chi connectivity index (χ0n) is 10.8. The molecule has 0 saturated carbocycles. The Kier molecular flexibility index (Phi) is 3.00. The highest BCUT2D eigenvalue weighted by Crippen LogP contribution is 2.39. The number of benzene rings is 1. The molecule has 0 spiro atoms. The summed E-state index contributed by atoms with van der Waals surface area (Å²) in [5.74, 6) is 0. The Bertz CT molecular complexity index is 558. The minimum atomic E-state index is -0.281. The Morgan fingerprint density at radius 1 is 1.11 bits per heavy atom. The fraction of sp³-hybridized carbons (Fsp3) is 0.375. The third-order valence-corrected chi connectivity index (χ3v) is 4.95. The largest absolute Gasteiger partial charge is 0.318 e. The van der Waals surface area contributed by atoms with Crippen molar-refractivity contribution < 1.29 is 0 Å². The lowest BCUT2D eigenvalue weighted by Crippen LogP contribution is -2.38. The van der Waals surface area contributed by atoms with Gasteiger partial charge < -0.3 is 5.73 Å². The molecule has 2 heteroatoms. The van der Waals surface area contributed by atoms with Crippen molar-refractivity contribution in [3.8, 4) is 0 Å². The molecule has 1 heterocycles. The lowest BCUT2D eigenvalue weighted by Gasteiger charge is -2.31. The van der Waals surface area contributed by atoms with E-state index in [4.69, 9.17) is 5.73 Å². The predicted molar refractivity (Wildman–Crippen MR) is 78.0 cm³/mol. The Morgan fingerprint density at radius 2 is 1.94 bits per heavy atom. The molecule has 1 aromatic carbocycles. The molecule has 0 fully saturated rings. The van der Waals surface area contributed by atoms with Crippen molar-refractivity contribution in [3.05, 3.63) is 57.3 Å². The molecule has 1 aromatic heterocycles. The first kappa shape index (κ1) is 11.9. The normalized spacial score (nSPS) is 23.4. The Balaban J connectivity index is 2.19. The minimum Gasteiger partial charge on any atom is -0.318 e. The summed E-state index contributed by atoms with van der Waals surface area (Å²) in [5.41, 5.74) is 10.7. The van der Waals surface area contributed by atoms with Gasteiger partial charge in [-0.25, -0.2) is 0 Å². The first-order valence-corrected chi connectivity index (χ1v) is 7.51. The van der Waals surface area contributed by atoms with Gasteiger partial charge in [-0.05, 0) is 54.3 Å². The van der Waals surface area contributed by atoms with Crippen molar-refractivity contribution in [1.29, 1.82) is 0 Å². The molecule has 18 heavy (non-hydrogen) atoms. The summed E-state index contributed by atoms with van der Waals surface area (Å²) in [6, 6.07) is 10.9. The van der Waals surface area contributed by atoms with Crippen molar-refractivity contribution in [3.63, 3.8) is 0 Å². The highest BCUT2D eigenvalue weighted by atomic mass is 32.1. The molecule has 1 aliphatic carbocycles. The van der Waals surface area contributed by atoms with Gasteiger partial charge in [-0.1, -0.05) is 30.7 Å². The second-order valence-corrected chi connectivity index (χ2v) is 6.35. The molecule has 2 aromatic rings. The second-order valence-electron chi connectivity index (χ2n) is 5.23. The van der Waals surface area contributed by atoms with Crippen molar-refractivity contribution in [2.24, 2.45) is 5.73 Å². The molecule has 1 aliphatic rings. The summed E-state index contributed by atoms with van der Waals surface area (Å²) in [7, 11) is 0. The molecule has 94 valence electrons. The van der Waals surface area contributed by atoms with E-state index in [2.05, 4.69) is 42.6 Å². The Morgan fingerprint density at radius 3 is 2.72 bits per heavy atom. The van der Waals surface area contributed by atoms with E-state index in [1.165, 1.54) is 34.4 Å². The summed E-state index contributed by atoms with van der Waals surface area (Å²) >= 11 is 1.80. The highest BCUT2D eigenvalue weighted by Gasteiger charge is 2.34. The van der Waals surface area contributed by atoms with E-state index in [1.54, 1.807) is 11.3 Å². The van der Waals surface area contributed by atoms with Crippen LogP contribution in [-0.2, 0) is 12.0 Å². The number of aryl methyl sites for hydroxylation is 2. The first-order valence-electron chi connectivity index (χ1n) is 6.63. The molecule has 1 unspecified atom stereocenters. The summed E-state index contributed by atoms with van der Waals surface area (Å²) in [4.78, 5) is 1.36. The molecule has 3 rings (SSSR count). The van der Waals surface area contributed by atoms with Gasteiger partial charge in [0, 0.05) is 4.88 Å². The van der Waals surface area contributed by atoms with Crippen molar-refractivity contribution >= 4 is 11.3 Å². The quantitative estimate of drug-likeness (QED) is 0.768. The summed E-state index contributed by atoms with van der Waals surface area (Å²) < 4.78 is 0. The number of nitrogens with two attached hydrogens (primary N) is 1. The maximum atomic E-state index is 6.84. The van der Waals surface area contributed by atoms with E-state index in [1.807, 2.05) is 0 Å². The van der Waals surface area contributed by atoms with E-state index in [0.29, 0.717) is 0 Å². The lowest BCUT2D eigenvalue weighted by atomic mass is 9.80. The molecule has 2 N–H and O–H groups in total. The van der Waals surface area contributed by atoms with Crippen LogP contribution in [0, 0.1) is 6.92 Å². The van der Waals surface area contributed by atoms with Gasteiger partial charge in [0.25, 0.3) is 0 Å². The van der Waals surface area contributed by atoms with Crippen LogP contribution in [-0.4, -0.2) is 0 Å². The van der Waals surface area contributed by atoms with E-state index in [9.17, 15) is 0 Å². The number of fused-ring (bicyclic) bond motifs is 1. The molecule has 0 bridgehead atoms. The third-order valence-electron chi connectivity index (χ3n) is 4.10. The minimum absolute atomic E-state index is 0.281. The van der Waals surface area contributed by atoms with Gasteiger partial charge in [-0.3, -0.25) is 0 Å². The van der Waals surface area contributed by atoms with Crippen molar-refractivity contribution in [1.82, 2.24) is 0 Å². The monoisotopic (exact) mass is 257 g/mol. The summed E-state index contributed by atoms with van der Waals surface area (Å²) in [5, 5.41) is 2.16. The maximum absolute atomic E-state index is 6.84. The van der Waals surface area contributed by atoms with Gasteiger partial charge in [-0.15, -0.1) is 11.3 Å². The standard InChI is InChI=1S/C16H19NS/c1-12-14(9-11-18-12)16(17)10-5-4-7-13-6-2-3-8-15(13)16/h2-3,6,8-9,11H,4-5,7,10,17H2,1H3. The van der Waals surface area contributed by atoms with Gasteiger partial charge in [-0.2, -0.15) is 0 Å². The van der Waals surface area contributed by atoms with Crippen LogP contribution >= 0.6 is 11.3 Å². The second kappa shape index (κ2) is 4.52. The van der Waals surface area contributed by atoms with E-state index in [0.717, 1.165) is 12.8 Å². The van der Waals surface area contributed by atoms with Crippen LogP contribution in [0.5, 0.6) is 0 Å². The third kappa shape index (κ3) is 1.80. The zero-order valence-corrected chi connectivity index (χ0v) is 11.6. The SMILES string of the molecule is Cc1sccc1C1(N)CCCCc2ccccc21. The number of hydrogen-bond donors (Lipinski definition) is 1. The van der Waals surface area contributed by atoms with Gasteiger partial charge >= 0.3 is 0 Å². The molecule has 1 atom stereocenters. The molecule has 0 radical (unpaired) electrons. The van der Waals surface area contributed by atoms with Crippen LogP contribution < -0.4 is 5.73 Å². The molecule has 0 amide bonds. The first-order chi connectivity index (χ1) is 8.72. The lowest BCUT2D eigenvalue weighted by molar-refractivity contribution is 0.479. The molecule has 0 aliphatic heterocycles. The van der Waals surface area contributed by atoms with Crippen LogP contribution in [0.4, 0.5) is 0 Å². The molecular weight excluding hydrogens is 238 g/mol. The fourth-order valence-electron chi connectivity index (χ4n) is 3.16. The Labute approximate surface area is 113 Å². The topological polar surface area (TPSA) is 26.0 Å². The van der Waals surface area contributed by atoms with E-state index in [-0.39, 0.29) is 5.54 Å². The van der Waals surface area contributed by atoms with Crippen LogP contribution in [0.2, 0.25) is 0 Å². The maximum Gasteiger partial charge on any atom is 0.0679 e. The summed E-state index contributed by atoms with van der Waals surface area (Å²) in [6.45, 7) is 2.18. The average molecular weight is 257 g/mol. The number of rotatable bonds is 1.